The standard InChI is InChI=1S/C15H21NO2/c1-16-9-10-18-15(8-3-2-7-14(15)16)12-5-4-6-13(17)11-12/h4-6,11,14,17H,2-3,7-10H2,1H3/t14?,15-/m0/s1. The average molecular weight is 247 g/mol. The fourth-order valence-electron chi connectivity index (χ4n) is 3.59. The van der Waals surface area contributed by atoms with Crippen molar-refractivity contribution in [3.8, 4) is 5.75 Å². The van der Waals surface area contributed by atoms with Crippen molar-refractivity contribution < 1.29 is 9.84 Å². The molecule has 1 aliphatic heterocycles. The molecule has 2 aliphatic rings. The van der Waals surface area contributed by atoms with Crippen molar-refractivity contribution in [1.82, 2.24) is 4.90 Å². The van der Waals surface area contributed by atoms with E-state index in [1.54, 1.807) is 6.07 Å². The van der Waals surface area contributed by atoms with Gasteiger partial charge in [-0.1, -0.05) is 25.0 Å². The maximum atomic E-state index is 9.73. The predicted molar refractivity (Wildman–Crippen MR) is 70.6 cm³/mol. The molecule has 3 heteroatoms. The molecule has 2 atom stereocenters. The number of fused-ring (bicyclic) bond motifs is 1. The molecule has 0 aromatic heterocycles. The monoisotopic (exact) mass is 247 g/mol. The first-order valence-corrected chi connectivity index (χ1v) is 6.86. The zero-order valence-electron chi connectivity index (χ0n) is 10.9. The molecule has 1 aromatic rings. The molecule has 3 nitrogen and oxygen atoms in total. The number of rotatable bonds is 1. The van der Waals surface area contributed by atoms with Gasteiger partial charge in [-0.15, -0.1) is 0 Å². The zero-order valence-corrected chi connectivity index (χ0v) is 10.9. The van der Waals surface area contributed by atoms with Gasteiger partial charge in [-0.25, -0.2) is 0 Å². The number of nitrogens with zero attached hydrogens (tertiary/aromatic N) is 1. The number of likely N-dealkylation sites (N-methyl/N-ethyl adjacent to an activating group) is 1. The first kappa shape index (κ1) is 12.0. The van der Waals surface area contributed by atoms with Gasteiger partial charge >= 0.3 is 0 Å². The van der Waals surface area contributed by atoms with Crippen LogP contribution in [0.4, 0.5) is 0 Å². The minimum atomic E-state index is -0.204. The van der Waals surface area contributed by atoms with Gasteiger partial charge in [0.2, 0.25) is 0 Å². The van der Waals surface area contributed by atoms with Crippen molar-refractivity contribution in [3.05, 3.63) is 29.8 Å². The normalized spacial score (nSPS) is 33.1. The van der Waals surface area contributed by atoms with E-state index in [1.807, 2.05) is 12.1 Å². The Labute approximate surface area is 108 Å². The Balaban J connectivity index is 2.03. The van der Waals surface area contributed by atoms with E-state index in [2.05, 4.69) is 18.0 Å². The molecule has 18 heavy (non-hydrogen) atoms. The van der Waals surface area contributed by atoms with Crippen molar-refractivity contribution in [2.75, 3.05) is 20.2 Å². The van der Waals surface area contributed by atoms with Crippen molar-refractivity contribution in [2.24, 2.45) is 0 Å². The number of phenols is 1. The summed E-state index contributed by atoms with van der Waals surface area (Å²) in [6.07, 6.45) is 4.73. The molecule has 1 aliphatic carbocycles. The van der Waals surface area contributed by atoms with Crippen molar-refractivity contribution in [3.63, 3.8) is 0 Å². The lowest BCUT2D eigenvalue weighted by atomic mass is 9.74. The second-order valence-electron chi connectivity index (χ2n) is 5.53. The van der Waals surface area contributed by atoms with E-state index in [0.29, 0.717) is 11.8 Å². The zero-order chi connectivity index (χ0) is 12.6. The van der Waals surface area contributed by atoms with Gasteiger partial charge in [-0.05, 0) is 37.6 Å². The summed E-state index contributed by atoms with van der Waals surface area (Å²) in [5.41, 5.74) is 0.933. The number of aromatic hydroxyl groups is 1. The minimum absolute atomic E-state index is 0.204. The summed E-state index contributed by atoms with van der Waals surface area (Å²) in [5.74, 6) is 0.336. The topological polar surface area (TPSA) is 32.7 Å². The van der Waals surface area contributed by atoms with Crippen molar-refractivity contribution >= 4 is 0 Å². The molecule has 0 amide bonds. The molecule has 2 fully saturated rings. The van der Waals surface area contributed by atoms with Crippen LogP contribution in [0.2, 0.25) is 0 Å². The molecular weight excluding hydrogens is 226 g/mol. The lowest BCUT2D eigenvalue weighted by molar-refractivity contribution is -0.165. The number of hydrogen-bond acceptors (Lipinski definition) is 3. The quantitative estimate of drug-likeness (QED) is 0.827. The maximum absolute atomic E-state index is 9.73. The van der Waals surface area contributed by atoms with Gasteiger partial charge in [0.1, 0.15) is 11.4 Å². The van der Waals surface area contributed by atoms with Gasteiger partial charge in [0.15, 0.2) is 0 Å². The molecule has 1 aromatic carbocycles. The third kappa shape index (κ3) is 1.82. The van der Waals surface area contributed by atoms with Crippen LogP contribution in [0.25, 0.3) is 0 Å². The molecule has 1 heterocycles. The predicted octanol–water partition coefficient (Wildman–Crippen LogP) is 2.49. The summed E-state index contributed by atoms with van der Waals surface area (Å²) in [7, 11) is 2.19. The van der Waals surface area contributed by atoms with Gasteiger partial charge < -0.3 is 9.84 Å². The molecule has 1 saturated heterocycles. The number of phenolic OH excluding ortho intramolecular Hbond substituents is 1. The smallest absolute Gasteiger partial charge is 0.115 e. The highest BCUT2D eigenvalue weighted by Gasteiger charge is 2.47. The van der Waals surface area contributed by atoms with E-state index >= 15 is 0 Å². The lowest BCUT2D eigenvalue weighted by Gasteiger charge is -2.51. The Bertz CT molecular complexity index is 430. The van der Waals surface area contributed by atoms with Crippen LogP contribution in [0.5, 0.6) is 5.75 Å². The third-order valence-corrected chi connectivity index (χ3v) is 4.48. The molecule has 0 radical (unpaired) electrons. The molecule has 0 bridgehead atoms. The van der Waals surface area contributed by atoms with Gasteiger partial charge in [-0.2, -0.15) is 0 Å². The summed E-state index contributed by atoms with van der Waals surface area (Å²) in [6.45, 7) is 1.79. The highest BCUT2D eigenvalue weighted by molar-refractivity contribution is 5.33. The molecule has 0 spiro atoms. The summed E-state index contributed by atoms with van der Waals surface area (Å²) in [6, 6.07) is 8.06. The van der Waals surface area contributed by atoms with E-state index in [-0.39, 0.29) is 5.60 Å². The second kappa shape index (κ2) is 4.56. The van der Waals surface area contributed by atoms with E-state index in [0.717, 1.165) is 25.1 Å². The largest absolute Gasteiger partial charge is 0.508 e. The molecule has 98 valence electrons. The van der Waals surface area contributed by atoms with Gasteiger partial charge in [0.25, 0.3) is 0 Å². The van der Waals surface area contributed by atoms with Crippen LogP contribution < -0.4 is 0 Å². The van der Waals surface area contributed by atoms with Gasteiger partial charge in [0, 0.05) is 12.6 Å². The Morgan fingerprint density at radius 3 is 3.11 bits per heavy atom. The minimum Gasteiger partial charge on any atom is -0.508 e. The average Bonchev–Trinajstić information content (AvgIpc) is 2.39. The van der Waals surface area contributed by atoms with E-state index in [4.69, 9.17) is 4.74 Å². The second-order valence-corrected chi connectivity index (χ2v) is 5.53. The van der Waals surface area contributed by atoms with E-state index in [1.165, 1.54) is 19.3 Å². The number of benzene rings is 1. The Kier molecular flexibility index (Phi) is 3.04. The van der Waals surface area contributed by atoms with Gasteiger partial charge in [0.05, 0.1) is 6.61 Å². The fourth-order valence-corrected chi connectivity index (χ4v) is 3.59. The van der Waals surface area contributed by atoms with Gasteiger partial charge in [-0.3, -0.25) is 4.90 Å². The molecular formula is C15H21NO2. The maximum Gasteiger partial charge on any atom is 0.115 e. The van der Waals surface area contributed by atoms with Crippen LogP contribution in [0, 0.1) is 0 Å². The van der Waals surface area contributed by atoms with Crippen molar-refractivity contribution in [2.45, 2.75) is 37.3 Å². The first-order chi connectivity index (χ1) is 8.72. The first-order valence-electron chi connectivity index (χ1n) is 6.86. The summed E-state index contributed by atoms with van der Waals surface area (Å²) in [4.78, 5) is 2.42. The molecule has 3 rings (SSSR count). The lowest BCUT2D eigenvalue weighted by Crippen LogP contribution is -2.57. The fraction of sp³-hybridized carbons (Fsp3) is 0.600. The van der Waals surface area contributed by atoms with Crippen LogP contribution in [0.1, 0.15) is 31.2 Å². The van der Waals surface area contributed by atoms with Crippen LogP contribution in [0.15, 0.2) is 24.3 Å². The van der Waals surface area contributed by atoms with Crippen molar-refractivity contribution in [1.29, 1.82) is 0 Å². The molecule has 1 unspecified atom stereocenters. The number of hydrogen-bond donors (Lipinski definition) is 1. The summed E-state index contributed by atoms with van der Waals surface area (Å²) >= 11 is 0. The summed E-state index contributed by atoms with van der Waals surface area (Å²) in [5, 5.41) is 9.73. The Morgan fingerprint density at radius 2 is 2.28 bits per heavy atom. The van der Waals surface area contributed by atoms with E-state index in [9.17, 15) is 5.11 Å². The number of morpholine rings is 1. The molecule has 1 N–H and O–H groups in total. The molecule has 1 saturated carbocycles. The summed E-state index contributed by atoms with van der Waals surface area (Å²) < 4.78 is 6.23. The highest BCUT2D eigenvalue weighted by Crippen LogP contribution is 2.45. The van der Waals surface area contributed by atoms with E-state index < -0.39 is 0 Å². The SMILES string of the molecule is CN1CCO[C@]2(c3cccc(O)c3)CCCCC12. The van der Waals surface area contributed by atoms with Crippen LogP contribution in [-0.4, -0.2) is 36.2 Å². The Morgan fingerprint density at radius 1 is 1.39 bits per heavy atom. The highest BCUT2D eigenvalue weighted by atomic mass is 16.5. The number of ether oxygens (including phenoxy) is 1. The van der Waals surface area contributed by atoms with Crippen LogP contribution in [0.3, 0.4) is 0 Å². The Hall–Kier alpha value is -1.06. The van der Waals surface area contributed by atoms with Crippen LogP contribution >= 0.6 is 0 Å². The van der Waals surface area contributed by atoms with Crippen LogP contribution in [-0.2, 0) is 10.3 Å². The third-order valence-electron chi connectivity index (χ3n) is 4.48.